The second-order valence-corrected chi connectivity index (χ2v) is 3.71. The van der Waals surface area contributed by atoms with Gasteiger partial charge in [-0.3, -0.25) is 0 Å². The second-order valence-electron chi connectivity index (χ2n) is 3.71. The lowest BCUT2D eigenvalue weighted by Crippen LogP contribution is -2.68. The van der Waals surface area contributed by atoms with Crippen molar-refractivity contribution >= 4 is 0 Å². The average molecular weight is 159 g/mol. The number of aliphatic hydroxyl groups excluding tert-OH is 1. The van der Waals surface area contributed by atoms with E-state index in [1.54, 1.807) is 0 Å². The van der Waals surface area contributed by atoms with E-state index in [1.807, 2.05) is 13.8 Å². The van der Waals surface area contributed by atoms with Crippen LogP contribution in [0.2, 0.25) is 0 Å². The van der Waals surface area contributed by atoms with Gasteiger partial charge in [-0.2, -0.15) is 0 Å². The summed E-state index contributed by atoms with van der Waals surface area (Å²) in [5, 5.41) is 22.0. The molecule has 0 radical (unpaired) electrons. The largest absolute Gasteiger partial charge is 0.396 e. The minimum absolute atomic E-state index is 0.0572. The Labute approximate surface area is 67.4 Å². The molecule has 0 aromatic carbocycles. The van der Waals surface area contributed by atoms with Crippen LogP contribution in [-0.2, 0) is 0 Å². The van der Waals surface area contributed by atoms with Crippen LogP contribution in [0.5, 0.6) is 0 Å². The molecule has 1 rings (SSSR count). The highest BCUT2D eigenvalue weighted by Crippen LogP contribution is 2.36. The summed E-state index contributed by atoms with van der Waals surface area (Å²) in [7, 11) is 0. The molecule has 1 unspecified atom stereocenters. The highest BCUT2D eigenvalue weighted by molar-refractivity contribution is 5.04. The fourth-order valence-corrected chi connectivity index (χ4v) is 1.38. The first-order chi connectivity index (χ1) is 5.08. The van der Waals surface area contributed by atoms with E-state index >= 15 is 0 Å². The maximum absolute atomic E-state index is 9.91. The molecule has 3 nitrogen and oxygen atoms in total. The van der Waals surface area contributed by atoms with Crippen molar-refractivity contribution in [2.45, 2.75) is 25.9 Å². The Morgan fingerprint density at radius 1 is 1.55 bits per heavy atom. The number of hydrogen-bond acceptors (Lipinski definition) is 3. The molecule has 66 valence electrons. The minimum atomic E-state index is -0.684. The summed E-state index contributed by atoms with van der Waals surface area (Å²) >= 11 is 0. The Morgan fingerprint density at radius 3 is 2.18 bits per heavy atom. The Morgan fingerprint density at radius 2 is 2.09 bits per heavy atom. The SMILES string of the molecule is CCC(C)(CO)C1(O)CNC1. The maximum atomic E-state index is 9.91. The molecule has 0 amide bonds. The van der Waals surface area contributed by atoms with E-state index in [0.717, 1.165) is 6.42 Å². The molecule has 1 saturated heterocycles. The Balaban J connectivity index is 2.67. The molecule has 1 atom stereocenters. The summed E-state index contributed by atoms with van der Waals surface area (Å²) in [5.74, 6) is 0. The second kappa shape index (κ2) is 2.73. The van der Waals surface area contributed by atoms with Crippen molar-refractivity contribution in [3.05, 3.63) is 0 Å². The first kappa shape index (κ1) is 8.97. The monoisotopic (exact) mass is 159 g/mol. The van der Waals surface area contributed by atoms with Gasteiger partial charge in [0.15, 0.2) is 0 Å². The van der Waals surface area contributed by atoms with Crippen molar-refractivity contribution in [2.75, 3.05) is 19.7 Å². The van der Waals surface area contributed by atoms with Crippen molar-refractivity contribution in [3.63, 3.8) is 0 Å². The quantitative estimate of drug-likeness (QED) is 0.531. The molecule has 1 fully saturated rings. The normalized spacial score (nSPS) is 27.3. The predicted octanol–water partition coefficient (Wildman–Crippen LogP) is -0.271. The van der Waals surface area contributed by atoms with Crippen LogP contribution in [0.1, 0.15) is 20.3 Å². The summed E-state index contributed by atoms with van der Waals surface area (Å²) in [6, 6.07) is 0. The lowest BCUT2D eigenvalue weighted by Gasteiger charge is -2.50. The van der Waals surface area contributed by atoms with Gasteiger partial charge in [0.25, 0.3) is 0 Å². The topological polar surface area (TPSA) is 52.5 Å². The van der Waals surface area contributed by atoms with Gasteiger partial charge in [-0.15, -0.1) is 0 Å². The van der Waals surface area contributed by atoms with Crippen LogP contribution in [0.4, 0.5) is 0 Å². The Kier molecular flexibility index (Phi) is 2.23. The molecular weight excluding hydrogens is 142 g/mol. The fourth-order valence-electron chi connectivity index (χ4n) is 1.38. The van der Waals surface area contributed by atoms with Gasteiger partial charge in [0.2, 0.25) is 0 Å². The van der Waals surface area contributed by atoms with E-state index in [2.05, 4.69) is 5.32 Å². The van der Waals surface area contributed by atoms with Crippen LogP contribution in [0.3, 0.4) is 0 Å². The first-order valence-electron chi connectivity index (χ1n) is 4.12. The van der Waals surface area contributed by atoms with Crippen molar-refractivity contribution in [2.24, 2.45) is 5.41 Å². The summed E-state index contributed by atoms with van der Waals surface area (Å²) in [5.41, 5.74) is -1.02. The third kappa shape index (κ3) is 1.17. The number of rotatable bonds is 3. The lowest BCUT2D eigenvalue weighted by molar-refractivity contribution is -0.133. The summed E-state index contributed by atoms with van der Waals surface area (Å²) in [4.78, 5) is 0. The summed E-state index contributed by atoms with van der Waals surface area (Å²) < 4.78 is 0. The molecule has 0 aromatic heterocycles. The van der Waals surface area contributed by atoms with Gasteiger partial charge in [-0.05, 0) is 6.42 Å². The van der Waals surface area contributed by atoms with Crippen LogP contribution in [0, 0.1) is 5.41 Å². The highest BCUT2D eigenvalue weighted by Gasteiger charge is 2.49. The van der Waals surface area contributed by atoms with Gasteiger partial charge in [-0.25, -0.2) is 0 Å². The molecule has 11 heavy (non-hydrogen) atoms. The van der Waals surface area contributed by atoms with Crippen LogP contribution in [-0.4, -0.2) is 35.5 Å². The molecule has 0 bridgehead atoms. The number of β-amino-alcohol motifs (C(OH)–C–C–N with tert-alkyl or cyclic N) is 1. The molecule has 1 aliphatic rings. The molecular formula is C8H17NO2. The van der Waals surface area contributed by atoms with E-state index in [9.17, 15) is 5.11 Å². The highest BCUT2D eigenvalue weighted by atomic mass is 16.3. The van der Waals surface area contributed by atoms with Crippen LogP contribution >= 0.6 is 0 Å². The Hall–Kier alpha value is -0.120. The third-order valence-corrected chi connectivity index (χ3v) is 3.09. The van der Waals surface area contributed by atoms with E-state index in [4.69, 9.17) is 5.11 Å². The summed E-state index contributed by atoms with van der Waals surface area (Å²) in [6.45, 7) is 5.19. The maximum Gasteiger partial charge on any atom is 0.0969 e. The van der Waals surface area contributed by atoms with Gasteiger partial charge >= 0.3 is 0 Å². The van der Waals surface area contributed by atoms with Crippen molar-refractivity contribution in [3.8, 4) is 0 Å². The van der Waals surface area contributed by atoms with Gasteiger partial charge < -0.3 is 15.5 Å². The zero-order valence-electron chi connectivity index (χ0n) is 7.22. The predicted molar refractivity (Wildman–Crippen MR) is 43.3 cm³/mol. The van der Waals surface area contributed by atoms with Gasteiger partial charge in [0.05, 0.1) is 12.2 Å². The average Bonchev–Trinajstić information content (AvgIpc) is 1.98. The van der Waals surface area contributed by atoms with Gasteiger partial charge in [0, 0.05) is 18.5 Å². The fraction of sp³-hybridized carbons (Fsp3) is 1.00. The van der Waals surface area contributed by atoms with Crippen LogP contribution < -0.4 is 5.32 Å². The van der Waals surface area contributed by atoms with Crippen molar-refractivity contribution < 1.29 is 10.2 Å². The zero-order valence-corrected chi connectivity index (χ0v) is 7.22. The van der Waals surface area contributed by atoms with E-state index in [0.29, 0.717) is 13.1 Å². The first-order valence-corrected chi connectivity index (χ1v) is 4.12. The lowest BCUT2D eigenvalue weighted by atomic mass is 9.68. The number of hydrogen-bond donors (Lipinski definition) is 3. The molecule has 3 N–H and O–H groups in total. The standard InChI is InChI=1S/C8H17NO2/c1-3-7(2,6-10)8(11)4-9-5-8/h9-11H,3-6H2,1-2H3. The van der Waals surface area contributed by atoms with E-state index in [1.165, 1.54) is 0 Å². The Bertz CT molecular complexity index is 139. The molecule has 0 saturated carbocycles. The molecule has 0 aliphatic carbocycles. The van der Waals surface area contributed by atoms with Gasteiger partial charge in [-0.1, -0.05) is 13.8 Å². The molecule has 0 aromatic rings. The molecule has 0 spiro atoms. The number of nitrogens with one attached hydrogen (secondary N) is 1. The molecule has 3 heteroatoms. The number of aliphatic hydroxyl groups is 2. The van der Waals surface area contributed by atoms with E-state index in [-0.39, 0.29) is 12.0 Å². The van der Waals surface area contributed by atoms with Crippen molar-refractivity contribution in [1.29, 1.82) is 0 Å². The molecule has 1 heterocycles. The molecule has 1 aliphatic heterocycles. The minimum Gasteiger partial charge on any atom is -0.396 e. The van der Waals surface area contributed by atoms with Gasteiger partial charge in [0.1, 0.15) is 0 Å². The third-order valence-electron chi connectivity index (χ3n) is 3.09. The van der Waals surface area contributed by atoms with Crippen molar-refractivity contribution in [1.82, 2.24) is 5.32 Å². The van der Waals surface area contributed by atoms with E-state index < -0.39 is 5.60 Å². The zero-order chi connectivity index (χ0) is 8.54. The summed E-state index contributed by atoms with van der Waals surface area (Å²) in [6.07, 6.45) is 0.807. The smallest absolute Gasteiger partial charge is 0.0969 e. The van der Waals surface area contributed by atoms with Crippen LogP contribution in [0.25, 0.3) is 0 Å². The van der Waals surface area contributed by atoms with Crippen LogP contribution in [0.15, 0.2) is 0 Å².